The van der Waals surface area contributed by atoms with Gasteiger partial charge < -0.3 is 9.73 Å². The first-order valence-corrected chi connectivity index (χ1v) is 10.4. The van der Waals surface area contributed by atoms with Crippen LogP contribution in [0.15, 0.2) is 52.2 Å². The van der Waals surface area contributed by atoms with Crippen LogP contribution < -0.4 is 5.32 Å². The Bertz CT molecular complexity index is 1110. The van der Waals surface area contributed by atoms with Gasteiger partial charge in [0.15, 0.2) is 0 Å². The number of hydrogen-bond donors (Lipinski definition) is 1. The predicted octanol–water partition coefficient (Wildman–Crippen LogP) is 5.85. The molecule has 0 atom stereocenters. The van der Waals surface area contributed by atoms with Crippen LogP contribution in [0.3, 0.4) is 0 Å². The second-order valence-corrected chi connectivity index (χ2v) is 8.00. The maximum Gasteiger partial charge on any atom is 0.470 e. The molecule has 4 rings (SSSR count). The first kappa shape index (κ1) is 22.6. The number of halogens is 3. The summed E-state index contributed by atoms with van der Waals surface area (Å²) in [4.78, 5) is 25.9. The number of benzene rings is 1. The van der Waals surface area contributed by atoms with E-state index in [2.05, 4.69) is 42.2 Å². The number of nitrogens with one attached hydrogen (secondary N) is 1. The van der Waals surface area contributed by atoms with E-state index in [9.17, 15) is 22.9 Å². The summed E-state index contributed by atoms with van der Waals surface area (Å²) in [6.45, 7) is 0. The number of aromatic nitrogens is 3. The molecule has 2 aromatic heterocycles. The molecule has 33 heavy (non-hydrogen) atoms. The Morgan fingerprint density at radius 2 is 1.79 bits per heavy atom. The fourth-order valence-electron chi connectivity index (χ4n) is 4.06. The molecule has 3 aromatic rings. The van der Waals surface area contributed by atoms with Crippen molar-refractivity contribution in [3.05, 3.63) is 59.0 Å². The molecule has 1 aromatic carbocycles. The monoisotopic (exact) mass is 459 g/mol. The van der Waals surface area contributed by atoms with Gasteiger partial charge in [0.25, 0.3) is 5.91 Å². The Kier molecular flexibility index (Phi) is 6.47. The van der Waals surface area contributed by atoms with Crippen LogP contribution in [0.25, 0.3) is 11.3 Å². The number of pyridine rings is 1. The number of amides is 1. The van der Waals surface area contributed by atoms with Crippen LogP contribution in [0.4, 0.5) is 24.9 Å². The molecule has 8 nitrogen and oxygen atoms in total. The highest BCUT2D eigenvalue weighted by atomic mass is 19.4. The van der Waals surface area contributed by atoms with E-state index in [-0.39, 0.29) is 18.4 Å². The lowest BCUT2D eigenvalue weighted by Gasteiger charge is -2.28. The standard InChI is InChI=1S/C22H20F3N5O3/c23-22(24,25)20-28-29-21(33-20)27-17-9-10-18(26-12-17)16-7-5-15(6-8-16)14-3-1-13(2-4-14)11-19(31)30-32/h5-10,12-14H,1-4,11H2,(H,27,29). The summed E-state index contributed by atoms with van der Waals surface area (Å²) in [5.41, 5.74) is 3.23. The second kappa shape index (κ2) is 9.47. The summed E-state index contributed by atoms with van der Waals surface area (Å²) in [5.74, 6) is -1.35. The van der Waals surface area contributed by atoms with Crippen molar-refractivity contribution in [1.29, 1.82) is 0 Å². The molecule has 172 valence electrons. The molecular weight excluding hydrogens is 439 g/mol. The van der Waals surface area contributed by atoms with E-state index in [4.69, 9.17) is 0 Å². The minimum absolute atomic E-state index is 0.231. The number of alkyl halides is 3. The summed E-state index contributed by atoms with van der Waals surface area (Å²) >= 11 is 0. The van der Waals surface area contributed by atoms with Crippen molar-refractivity contribution in [3.63, 3.8) is 0 Å². The van der Waals surface area contributed by atoms with Crippen molar-refractivity contribution in [2.24, 2.45) is 11.1 Å². The third-order valence-corrected chi connectivity index (χ3v) is 5.77. The molecule has 0 bridgehead atoms. The van der Waals surface area contributed by atoms with Crippen LogP contribution in [0.2, 0.25) is 0 Å². The van der Waals surface area contributed by atoms with Crippen molar-refractivity contribution in [2.45, 2.75) is 44.2 Å². The Balaban J connectivity index is 1.35. The number of nitroso groups, excluding NO2 is 1. The molecule has 1 aliphatic carbocycles. The predicted molar refractivity (Wildman–Crippen MR) is 112 cm³/mol. The summed E-state index contributed by atoms with van der Waals surface area (Å²) in [6.07, 6.45) is 0.718. The first-order chi connectivity index (χ1) is 15.8. The zero-order chi connectivity index (χ0) is 23.4. The SMILES string of the molecule is O=NC(=O)CC1CCC(c2ccc(-c3ccc(Nc4nnc(C(F)(F)F)o4)cn3)cc2)CC1. The number of anilines is 2. The molecule has 0 saturated heterocycles. The van der Waals surface area contributed by atoms with Crippen LogP contribution in [0.1, 0.15) is 49.5 Å². The molecule has 2 heterocycles. The normalized spacial score (nSPS) is 18.6. The summed E-state index contributed by atoms with van der Waals surface area (Å²) in [6, 6.07) is 11.1. The molecule has 0 radical (unpaired) electrons. The van der Waals surface area contributed by atoms with Crippen LogP contribution in [0, 0.1) is 10.8 Å². The average Bonchev–Trinajstić information content (AvgIpc) is 3.29. The molecule has 0 spiro atoms. The lowest BCUT2D eigenvalue weighted by atomic mass is 9.77. The van der Waals surface area contributed by atoms with E-state index in [1.807, 2.05) is 12.1 Å². The van der Waals surface area contributed by atoms with Gasteiger partial charge in [-0.05, 0) is 55.2 Å². The number of carbonyl (C=O) groups excluding carboxylic acids is 1. The van der Waals surface area contributed by atoms with Gasteiger partial charge in [0.05, 0.1) is 17.6 Å². The molecule has 1 fully saturated rings. The molecule has 0 aliphatic heterocycles. The van der Waals surface area contributed by atoms with Crippen molar-refractivity contribution in [3.8, 4) is 11.3 Å². The van der Waals surface area contributed by atoms with Crippen LogP contribution in [0.5, 0.6) is 0 Å². The average molecular weight is 459 g/mol. The number of nitrogens with zero attached hydrogens (tertiary/aromatic N) is 4. The van der Waals surface area contributed by atoms with E-state index in [1.54, 1.807) is 12.1 Å². The van der Waals surface area contributed by atoms with Gasteiger partial charge in [-0.3, -0.25) is 9.78 Å². The third-order valence-electron chi connectivity index (χ3n) is 5.77. The van der Waals surface area contributed by atoms with E-state index in [0.717, 1.165) is 31.2 Å². The lowest BCUT2D eigenvalue weighted by molar-refractivity contribution is -0.156. The van der Waals surface area contributed by atoms with Crippen LogP contribution in [-0.2, 0) is 11.0 Å². The van der Waals surface area contributed by atoms with Crippen molar-refractivity contribution in [1.82, 2.24) is 15.2 Å². The second-order valence-electron chi connectivity index (χ2n) is 8.00. The fraction of sp³-hybridized carbons (Fsp3) is 0.364. The minimum atomic E-state index is -4.70. The molecule has 1 amide bonds. The van der Waals surface area contributed by atoms with Crippen molar-refractivity contribution >= 4 is 17.6 Å². The molecule has 1 saturated carbocycles. The largest absolute Gasteiger partial charge is 0.470 e. The van der Waals surface area contributed by atoms with E-state index in [0.29, 0.717) is 17.3 Å². The quantitative estimate of drug-likeness (QED) is 0.460. The molecule has 0 unspecified atom stereocenters. The highest BCUT2D eigenvalue weighted by molar-refractivity contribution is 5.76. The molecule has 1 aliphatic rings. The highest BCUT2D eigenvalue weighted by Crippen LogP contribution is 2.37. The van der Waals surface area contributed by atoms with Gasteiger partial charge in [0.2, 0.25) is 0 Å². The van der Waals surface area contributed by atoms with Gasteiger partial charge >= 0.3 is 18.1 Å². The van der Waals surface area contributed by atoms with Crippen LogP contribution >= 0.6 is 0 Å². The van der Waals surface area contributed by atoms with E-state index in [1.165, 1.54) is 11.8 Å². The number of hydrogen-bond acceptors (Lipinski definition) is 7. The number of rotatable bonds is 6. The van der Waals surface area contributed by atoms with Crippen molar-refractivity contribution in [2.75, 3.05) is 5.32 Å². The zero-order valence-corrected chi connectivity index (χ0v) is 17.4. The van der Waals surface area contributed by atoms with Gasteiger partial charge in [0, 0.05) is 17.2 Å². The Hall–Kier alpha value is -3.63. The van der Waals surface area contributed by atoms with Crippen molar-refractivity contribution < 1.29 is 22.4 Å². The van der Waals surface area contributed by atoms with Gasteiger partial charge in [0.1, 0.15) is 0 Å². The topological polar surface area (TPSA) is 110 Å². The summed E-state index contributed by atoms with van der Waals surface area (Å²) < 4.78 is 42.2. The van der Waals surface area contributed by atoms with E-state index < -0.39 is 18.0 Å². The van der Waals surface area contributed by atoms with Gasteiger partial charge in [-0.25, -0.2) is 0 Å². The Morgan fingerprint density at radius 3 is 2.36 bits per heavy atom. The van der Waals surface area contributed by atoms with Gasteiger partial charge in [-0.1, -0.05) is 29.4 Å². The smallest absolute Gasteiger partial charge is 0.399 e. The Labute approximate surface area is 186 Å². The lowest BCUT2D eigenvalue weighted by Crippen LogP contribution is -2.15. The molecule has 1 N–H and O–H groups in total. The molecule has 11 heteroatoms. The third kappa shape index (κ3) is 5.60. The number of carbonyl (C=O) groups is 1. The maximum absolute atomic E-state index is 12.5. The van der Waals surface area contributed by atoms with Crippen LogP contribution in [-0.4, -0.2) is 21.1 Å². The first-order valence-electron chi connectivity index (χ1n) is 10.4. The Morgan fingerprint density at radius 1 is 1.06 bits per heavy atom. The fourth-order valence-corrected chi connectivity index (χ4v) is 4.06. The summed E-state index contributed by atoms with van der Waals surface area (Å²) in [5, 5.41) is 11.4. The minimum Gasteiger partial charge on any atom is -0.399 e. The summed E-state index contributed by atoms with van der Waals surface area (Å²) in [7, 11) is 0. The van der Waals surface area contributed by atoms with Gasteiger partial charge in [-0.15, -0.1) is 10.0 Å². The maximum atomic E-state index is 12.5. The van der Waals surface area contributed by atoms with Gasteiger partial charge in [-0.2, -0.15) is 13.2 Å². The molecular formula is C22H20F3N5O3. The highest BCUT2D eigenvalue weighted by Gasteiger charge is 2.38. The zero-order valence-electron chi connectivity index (χ0n) is 17.4. The van der Waals surface area contributed by atoms with E-state index >= 15 is 0 Å².